The van der Waals surface area contributed by atoms with E-state index in [1.165, 1.54) is 31.7 Å². The topological polar surface area (TPSA) is 0 Å². The molecule has 1 aliphatic heterocycles. The van der Waals surface area contributed by atoms with Crippen LogP contribution < -0.4 is 0 Å². The summed E-state index contributed by atoms with van der Waals surface area (Å²) in [6.07, 6.45) is 5.74. The van der Waals surface area contributed by atoms with Gasteiger partial charge in [-0.1, -0.05) is 62.5 Å². The second-order valence-electron chi connectivity index (χ2n) is 4.83. The molecule has 1 aliphatic rings. The van der Waals surface area contributed by atoms with Crippen molar-refractivity contribution in [2.75, 3.05) is 0 Å². The van der Waals surface area contributed by atoms with Crippen molar-refractivity contribution in [2.45, 2.75) is 50.7 Å². The summed E-state index contributed by atoms with van der Waals surface area (Å²) >= 11 is 0. The lowest BCUT2D eigenvalue weighted by Gasteiger charge is -2.21. The van der Waals surface area contributed by atoms with Crippen molar-refractivity contribution < 1.29 is 0 Å². The third-order valence-electron chi connectivity index (χ3n) is 3.73. The monoisotopic (exact) mass is 218 g/mol. The largest absolute Gasteiger partial charge is 0.0620 e. The highest BCUT2D eigenvalue weighted by Crippen LogP contribution is 2.22. The van der Waals surface area contributed by atoms with Crippen LogP contribution in [0, 0.1) is 0 Å². The Morgan fingerprint density at radius 2 is 1.67 bits per heavy atom. The molecule has 0 saturated carbocycles. The van der Waals surface area contributed by atoms with Crippen molar-refractivity contribution in [3.05, 3.63) is 35.4 Å². The fourth-order valence-electron chi connectivity index (χ4n) is 2.80. The molecule has 15 heavy (non-hydrogen) atoms. The van der Waals surface area contributed by atoms with Crippen molar-refractivity contribution in [2.24, 2.45) is 0 Å². The first-order valence-electron chi connectivity index (χ1n) is 6.47. The predicted octanol–water partition coefficient (Wildman–Crippen LogP) is 3.74. The van der Waals surface area contributed by atoms with Gasteiger partial charge in [-0.05, 0) is 23.6 Å². The van der Waals surface area contributed by atoms with Gasteiger partial charge in [0, 0.05) is 8.80 Å². The van der Waals surface area contributed by atoms with Gasteiger partial charge in [0.05, 0.1) is 0 Å². The number of hydrogen-bond acceptors (Lipinski definition) is 0. The van der Waals surface area contributed by atoms with Gasteiger partial charge in [-0.15, -0.1) is 0 Å². The minimum Gasteiger partial charge on any atom is -0.0620 e. The molecule has 0 N–H and O–H groups in total. The van der Waals surface area contributed by atoms with Gasteiger partial charge >= 0.3 is 0 Å². The molecule has 1 fully saturated rings. The molecule has 82 valence electrons. The molecule has 0 spiro atoms. The SMILES string of the molecule is CCc1ccccc1C[SiH]1CCCCC1. The van der Waals surface area contributed by atoms with Gasteiger partial charge in [0.2, 0.25) is 0 Å². The van der Waals surface area contributed by atoms with Crippen molar-refractivity contribution in [3.8, 4) is 0 Å². The summed E-state index contributed by atoms with van der Waals surface area (Å²) in [6, 6.07) is 13.7. The first-order chi connectivity index (χ1) is 7.40. The van der Waals surface area contributed by atoms with E-state index in [0.29, 0.717) is 0 Å². The van der Waals surface area contributed by atoms with Crippen molar-refractivity contribution in [1.29, 1.82) is 0 Å². The average Bonchev–Trinajstić information content (AvgIpc) is 2.31. The van der Waals surface area contributed by atoms with Crippen LogP contribution in [0.2, 0.25) is 12.1 Å². The Kier molecular flexibility index (Phi) is 4.01. The number of aryl methyl sites for hydroxylation is 1. The molecule has 0 aromatic heterocycles. The molecule has 0 nitrogen and oxygen atoms in total. The van der Waals surface area contributed by atoms with Gasteiger partial charge in [-0.25, -0.2) is 0 Å². The van der Waals surface area contributed by atoms with Gasteiger partial charge in [-0.3, -0.25) is 0 Å². The molecule has 1 aromatic carbocycles. The van der Waals surface area contributed by atoms with Gasteiger partial charge < -0.3 is 0 Å². The lowest BCUT2D eigenvalue weighted by molar-refractivity contribution is 0.719. The van der Waals surface area contributed by atoms with Crippen LogP contribution in [-0.4, -0.2) is 8.80 Å². The maximum atomic E-state index is 2.36. The second kappa shape index (κ2) is 5.50. The molecule has 1 aromatic rings. The third kappa shape index (κ3) is 2.94. The lowest BCUT2D eigenvalue weighted by atomic mass is 10.1. The zero-order valence-corrected chi connectivity index (χ0v) is 11.0. The molecule has 0 atom stereocenters. The van der Waals surface area contributed by atoms with E-state index in [4.69, 9.17) is 0 Å². The van der Waals surface area contributed by atoms with Crippen molar-refractivity contribution in [1.82, 2.24) is 0 Å². The average molecular weight is 218 g/mol. The molecular formula is C14H22Si. The fourth-order valence-corrected chi connectivity index (χ4v) is 6.25. The van der Waals surface area contributed by atoms with Crippen molar-refractivity contribution in [3.63, 3.8) is 0 Å². The van der Waals surface area contributed by atoms with Crippen LogP contribution in [0.1, 0.15) is 37.3 Å². The van der Waals surface area contributed by atoms with E-state index in [1.54, 1.807) is 23.2 Å². The predicted molar refractivity (Wildman–Crippen MR) is 70.1 cm³/mol. The zero-order chi connectivity index (χ0) is 10.5. The Morgan fingerprint density at radius 1 is 1.00 bits per heavy atom. The molecule has 2 rings (SSSR count). The smallest absolute Gasteiger partial charge is 0.0413 e. The zero-order valence-electron chi connectivity index (χ0n) is 9.84. The molecule has 1 heterocycles. The Bertz CT molecular complexity index is 300. The molecule has 0 radical (unpaired) electrons. The summed E-state index contributed by atoms with van der Waals surface area (Å²) in [7, 11) is -0.395. The highest BCUT2D eigenvalue weighted by Gasteiger charge is 2.16. The van der Waals surface area contributed by atoms with E-state index >= 15 is 0 Å². The van der Waals surface area contributed by atoms with E-state index in [-0.39, 0.29) is 0 Å². The van der Waals surface area contributed by atoms with Crippen LogP contribution in [0.5, 0.6) is 0 Å². The second-order valence-corrected chi connectivity index (χ2v) is 8.13. The fraction of sp³-hybridized carbons (Fsp3) is 0.571. The molecule has 0 bridgehead atoms. The van der Waals surface area contributed by atoms with E-state index < -0.39 is 8.80 Å². The quantitative estimate of drug-likeness (QED) is 0.678. The first-order valence-corrected chi connectivity index (χ1v) is 8.92. The molecule has 0 amide bonds. The summed E-state index contributed by atoms with van der Waals surface area (Å²) in [6.45, 7) is 2.28. The van der Waals surface area contributed by atoms with Gasteiger partial charge in [0.15, 0.2) is 0 Å². The minimum absolute atomic E-state index is 0.395. The first kappa shape index (κ1) is 10.9. The number of benzene rings is 1. The maximum Gasteiger partial charge on any atom is 0.0413 e. The Balaban J connectivity index is 2.02. The highest BCUT2D eigenvalue weighted by atomic mass is 28.3. The van der Waals surface area contributed by atoms with Crippen LogP contribution in [-0.2, 0) is 12.5 Å². The normalized spacial score (nSPS) is 17.9. The van der Waals surface area contributed by atoms with Gasteiger partial charge in [0.1, 0.15) is 0 Å². The van der Waals surface area contributed by atoms with Crippen LogP contribution in [0.25, 0.3) is 0 Å². The number of hydrogen-bond donors (Lipinski definition) is 0. The summed E-state index contributed by atoms with van der Waals surface area (Å²) in [5.41, 5.74) is 3.26. The van der Waals surface area contributed by atoms with E-state index in [0.717, 1.165) is 0 Å². The molecule has 1 saturated heterocycles. The molecule has 1 heteroatoms. The highest BCUT2D eigenvalue weighted by molar-refractivity contribution is 6.58. The van der Waals surface area contributed by atoms with Gasteiger partial charge in [0.25, 0.3) is 0 Å². The molecule has 0 aliphatic carbocycles. The summed E-state index contributed by atoms with van der Waals surface area (Å²) in [4.78, 5) is 0. The Labute approximate surface area is 95.3 Å². The number of rotatable bonds is 3. The Hall–Kier alpha value is -0.563. The maximum absolute atomic E-state index is 2.36. The molecule has 0 unspecified atom stereocenters. The van der Waals surface area contributed by atoms with E-state index in [2.05, 4.69) is 31.2 Å². The van der Waals surface area contributed by atoms with Crippen LogP contribution in [0.15, 0.2) is 24.3 Å². The van der Waals surface area contributed by atoms with E-state index in [9.17, 15) is 0 Å². The standard InChI is InChI=1S/C14H22Si/c1-2-13-8-4-5-9-14(13)12-15-10-6-3-7-11-15/h4-5,8-9,15H,2-3,6-7,10-12H2,1H3. The van der Waals surface area contributed by atoms with Gasteiger partial charge in [-0.2, -0.15) is 0 Å². The molecular weight excluding hydrogens is 196 g/mol. The third-order valence-corrected chi connectivity index (χ3v) is 7.20. The summed E-state index contributed by atoms with van der Waals surface area (Å²) in [5, 5.41) is 0. The lowest BCUT2D eigenvalue weighted by Crippen LogP contribution is -2.20. The summed E-state index contributed by atoms with van der Waals surface area (Å²) < 4.78 is 0. The van der Waals surface area contributed by atoms with Crippen LogP contribution >= 0.6 is 0 Å². The Morgan fingerprint density at radius 3 is 2.33 bits per heavy atom. The van der Waals surface area contributed by atoms with E-state index in [1.807, 2.05) is 0 Å². The minimum atomic E-state index is -0.395. The van der Waals surface area contributed by atoms with Crippen LogP contribution in [0.4, 0.5) is 0 Å². The summed E-state index contributed by atoms with van der Waals surface area (Å²) in [5.74, 6) is 0. The van der Waals surface area contributed by atoms with Crippen LogP contribution in [0.3, 0.4) is 0 Å². The van der Waals surface area contributed by atoms with Crippen molar-refractivity contribution >= 4 is 8.80 Å².